The number of carbonyl (C=O) groups is 1. The second-order valence-electron chi connectivity index (χ2n) is 5.22. The Balaban J connectivity index is 2.58. The maximum Gasteiger partial charge on any atom is 0.243 e. The van der Waals surface area contributed by atoms with Gasteiger partial charge in [-0.3, -0.25) is 4.79 Å². The fraction of sp³-hybridized carbons (Fsp3) is 0.500. The van der Waals surface area contributed by atoms with Gasteiger partial charge in [-0.15, -0.1) is 0 Å². The molecule has 24 heavy (non-hydrogen) atoms. The van der Waals surface area contributed by atoms with Crippen LogP contribution in [0.5, 0.6) is 17.2 Å². The van der Waals surface area contributed by atoms with Crippen molar-refractivity contribution in [1.82, 2.24) is 5.32 Å². The third-order valence-corrected chi connectivity index (χ3v) is 3.50. The highest BCUT2D eigenvalue weighted by atomic mass is 16.5. The molecule has 1 rings (SSSR count). The molecule has 0 radical (unpaired) electrons. The first kappa shape index (κ1) is 19.8. The number of hydrogen-bond acceptors (Lipinski definition) is 5. The summed E-state index contributed by atoms with van der Waals surface area (Å²) in [6.45, 7) is 0.855. The van der Waals surface area contributed by atoms with Gasteiger partial charge in [0.1, 0.15) is 0 Å². The number of carbonyl (C=O) groups excluding carboxylic acids is 1. The van der Waals surface area contributed by atoms with Gasteiger partial charge >= 0.3 is 0 Å². The number of rotatable bonds is 11. The molecule has 1 aromatic carbocycles. The zero-order chi connectivity index (χ0) is 17.8. The van der Waals surface area contributed by atoms with E-state index in [9.17, 15) is 4.79 Å². The molecule has 0 saturated carbocycles. The summed E-state index contributed by atoms with van der Waals surface area (Å²) in [4.78, 5) is 11.8. The summed E-state index contributed by atoms with van der Waals surface area (Å²) in [6.07, 6.45) is 6.88. The number of unbranched alkanes of at least 4 members (excludes halogenated alkanes) is 3. The molecule has 0 fully saturated rings. The Bertz CT molecular complexity index is 517. The third-order valence-electron chi connectivity index (χ3n) is 3.50. The van der Waals surface area contributed by atoms with Crippen LogP contribution in [0.3, 0.4) is 0 Å². The number of nitrogens with one attached hydrogen (secondary N) is 1. The molecule has 0 unspecified atom stereocenters. The maximum absolute atomic E-state index is 11.8. The predicted molar refractivity (Wildman–Crippen MR) is 93.7 cm³/mol. The highest BCUT2D eigenvalue weighted by molar-refractivity contribution is 5.91. The van der Waals surface area contributed by atoms with E-state index in [1.54, 1.807) is 39.5 Å². The lowest BCUT2D eigenvalue weighted by Crippen LogP contribution is -2.21. The average Bonchev–Trinajstić information content (AvgIpc) is 2.61. The lowest BCUT2D eigenvalue weighted by atomic mass is 10.1. The van der Waals surface area contributed by atoms with E-state index in [2.05, 4.69) is 5.32 Å². The van der Waals surface area contributed by atoms with E-state index in [1.165, 1.54) is 6.08 Å². The Morgan fingerprint density at radius 3 is 2.21 bits per heavy atom. The number of amides is 1. The van der Waals surface area contributed by atoms with Crippen molar-refractivity contribution in [1.29, 1.82) is 0 Å². The van der Waals surface area contributed by atoms with E-state index >= 15 is 0 Å². The smallest absolute Gasteiger partial charge is 0.243 e. The van der Waals surface area contributed by atoms with E-state index in [-0.39, 0.29) is 12.5 Å². The Hall–Kier alpha value is -2.21. The molecule has 0 heterocycles. The predicted octanol–water partition coefficient (Wildman–Crippen LogP) is 2.39. The normalized spacial score (nSPS) is 10.7. The monoisotopic (exact) mass is 337 g/mol. The third kappa shape index (κ3) is 6.50. The number of benzene rings is 1. The van der Waals surface area contributed by atoms with E-state index in [0.29, 0.717) is 23.8 Å². The first-order chi connectivity index (χ1) is 11.7. The maximum atomic E-state index is 11.8. The van der Waals surface area contributed by atoms with Gasteiger partial charge in [-0.2, -0.15) is 0 Å². The van der Waals surface area contributed by atoms with Gasteiger partial charge in [-0.25, -0.2) is 0 Å². The van der Waals surface area contributed by atoms with Gasteiger partial charge in [-0.1, -0.05) is 12.8 Å². The second-order valence-corrected chi connectivity index (χ2v) is 5.22. The van der Waals surface area contributed by atoms with Crippen LogP contribution in [0.25, 0.3) is 6.08 Å². The number of aliphatic hydroxyl groups excluding tert-OH is 1. The van der Waals surface area contributed by atoms with Gasteiger partial charge in [0.25, 0.3) is 0 Å². The fourth-order valence-corrected chi connectivity index (χ4v) is 2.23. The van der Waals surface area contributed by atoms with Crippen molar-refractivity contribution in [3.8, 4) is 17.2 Å². The number of ether oxygens (including phenoxy) is 3. The second kappa shape index (κ2) is 11.3. The molecule has 0 aliphatic rings. The van der Waals surface area contributed by atoms with Gasteiger partial charge in [-0.05, 0) is 36.6 Å². The first-order valence-corrected chi connectivity index (χ1v) is 8.03. The van der Waals surface area contributed by atoms with Gasteiger partial charge in [0, 0.05) is 19.2 Å². The molecule has 6 heteroatoms. The number of aliphatic hydroxyl groups is 1. The number of methoxy groups -OCH3 is 3. The molecule has 1 aromatic rings. The van der Waals surface area contributed by atoms with Crippen LogP contribution in [-0.2, 0) is 4.79 Å². The topological polar surface area (TPSA) is 77.0 Å². The lowest BCUT2D eigenvalue weighted by molar-refractivity contribution is -0.116. The van der Waals surface area contributed by atoms with Crippen LogP contribution >= 0.6 is 0 Å². The molecule has 2 N–H and O–H groups in total. The molecular weight excluding hydrogens is 310 g/mol. The molecule has 0 spiro atoms. The van der Waals surface area contributed by atoms with Crippen LogP contribution in [0.4, 0.5) is 0 Å². The molecule has 6 nitrogen and oxygen atoms in total. The molecule has 0 bridgehead atoms. The van der Waals surface area contributed by atoms with Crippen LogP contribution in [0.1, 0.15) is 31.2 Å². The summed E-state index contributed by atoms with van der Waals surface area (Å²) in [6, 6.07) is 3.56. The highest BCUT2D eigenvalue weighted by Crippen LogP contribution is 2.38. The Morgan fingerprint density at radius 1 is 1.04 bits per heavy atom. The minimum atomic E-state index is -0.147. The Kier molecular flexibility index (Phi) is 9.38. The van der Waals surface area contributed by atoms with E-state index in [0.717, 1.165) is 31.2 Å². The quantitative estimate of drug-likeness (QED) is 0.479. The summed E-state index contributed by atoms with van der Waals surface area (Å²) >= 11 is 0. The van der Waals surface area contributed by atoms with Crippen LogP contribution in [0.15, 0.2) is 18.2 Å². The van der Waals surface area contributed by atoms with Crippen molar-refractivity contribution in [2.75, 3.05) is 34.5 Å². The van der Waals surface area contributed by atoms with Crippen molar-refractivity contribution in [3.05, 3.63) is 23.8 Å². The van der Waals surface area contributed by atoms with Crippen molar-refractivity contribution in [2.24, 2.45) is 0 Å². The SMILES string of the molecule is COc1cc(/C=C/C(=O)NCCCCCCO)cc(OC)c1OC. The van der Waals surface area contributed by atoms with Gasteiger partial charge in [0.15, 0.2) is 11.5 Å². The molecule has 1 amide bonds. The first-order valence-electron chi connectivity index (χ1n) is 8.03. The molecule has 0 atom stereocenters. The lowest BCUT2D eigenvalue weighted by Gasteiger charge is -2.12. The van der Waals surface area contributed by atoms with E-state index in [1.807, 2.05) is 0 Å². The van der Waals surface area contributed by atoms with Crippen molar-refractivity contribution < 1.29 is 24.1 Å². The van der Waals surface area contributed by atoms with Crippen LogP contribution in [0.2, 0.25) is 0 Å². The molecular formula is C18H27NO5. The summed E-state index contributed by atoms with van der Waals surface area (Å²) < 4.78 is 15.8. The number of hydrogen-bond donors (Lipinski definition) is 2. The molecule has 134 valence electrons. The standard InChI is InChI=1S/C18H27NO5/c1-22-15-12-14(13-16(23-2)18(15)24-3)8-9-17(21)19-10-6-4-5-7-11-20/h8-9,12-13,20H,4-7,10-11H2,1-3H3,(H,19,21)/b9-8+. The molecule has 0 aliphatic carbocycles. The molecule has 0 aliphatic heterocycles. The Morgan fingerprint density at radius 2 is 1.67 bits per heavy atom. The summed E-state index contributed by atoms with van der Waals surface area (Å²) in [5, 5.41) is 11.5. The zero-order valence-corrected chi connectivity index (χ0v) is 14.6. The largest absolute Gasteiger partial charge is 0.493 e. The summed E-state index contributed by atoms with van der Waals surface area (Å²) in [5.41, 5.74) is 0.780. The van der Waals surface area contributed by atoms with Gasteiger partial charge < -0.3 is 24.6 Å². The Labute approximate surface area is 143 Å². The molecule has 0 saturated heterocycles. The average molecular weight is 337 g/mol. The highest BCUT2D eigenvalue weighted by Gasteiger charge is 2.12. The van der Waals surface area contributed by atoms with E-state index < -0.39 is 0 Å². The minimum Gasteiger partial charge on any atom is -0.493 e. The van der Waals surface area contributed by atoms with Gasteiger partial charge in [0.05, 0.1) is 21.3 Å². The summed E-state index contributed by atoms with van der Waals surface area (Å²) in [5.74, 6) is 1.46. The fourth-order valence-electron chi connectivity index (χ4n) is 2.23. The van der Waals surface area contributed by atoms with Crippen molar-refractivity contribution in [2.45, 2.75) is 25.7 Å². The van der Waals surface area contributed by atoms with Crippen molar-refractivity contribution >= 4 is 12.0 Å². The van der Waals surface area contributed by atoms with Crippen LogP contribution < -0.4 is 19.5 Å². The molecule has 0 aromatic heterocycles. The van der Waals surface area contributed by atoms with E-state index in [4.69, 9.17) is 19.3 Å². The minimum absolute atomic E-state index is 0.147. The van der Waals surface area contributed by atoms with Crippen LogP contribution in [-0.4, -0.2) is 45.5 Å². The van der Waals surface area contributed by atoms with Crippen LogP contribution in [0, 0.1) is 0 Å². The van der Waals surface area contributed by atoms with Crippen molar-refractivity contribution in [3.63, 3.8) is 0 Å². The zero-order valence-electron chi connectivity index (χ0n) is 14.6. The van der Waals surface area contributed by atoms with Gasteiger partial charge in [0.2, 0.25) is 11.7 Å². The summed E-state index contributed by atoms with van der Waals surface area (Å²) in [7, 11) is 4.65.